The molecular weight excluding hydrogens is 317 g/mol. The first-order valence-corrected chi connectivity index (χ1v) is 8.49. The van der Waals surface area contributed by atoms with Gasteiger partial charge in [0.1, 0.15) is 5.84 Å². The second kappa shape index (κ2) is 7.36. The Morgan fingerprint density at radius 1 is 1.16 bits per heavy atom. The Kier molecular flexibility index (Phi) is 6.32. The van der Waals surface area contributed by atoms with Gasteiger partial charge in [-0.2, -0.15) is 0 Å². The highest BCUT2D eigenvalue weighted by Gasteiger charge is 2.52. The molecule has 0 unspecified atom stereocenters. The molecule has 0 aromatic heterocycles. The summed E-state index contributed by atoms with van der Waals surface area (Å²) in [6.45, 7) is 17.0. The van der Waals surface area contributed by atoms with Gasteiger partial charge in [-0.15, -0.1) is 0 Å². The minimum absolute atomic E-state index is 0.240. The van der Waals surface area contributed by atoms with Gasteiger partial charge in [-0.1, -0.05) is 13.5 Å². The molecule has 6 nitrogen and oxygen atoms in total. The molecule has 1 fully saturated rings. The van der Waals surface area contributed by atoms with Gasteiger partial charge in [0.2, 0.25) is 0 Å². The van der Waals surface area contributed by atoms with E-state index in [1.54, 1.807) is 26.0 Å². The average molecular weight is 349 g/mol. The van der Waals surface area contributed by atoms with Crippen LogP contribution in [0.25, 0.3) is 0 Å². The normalized spacial score (nSPS) is 21.6. The largest absolute Gasteiger partial charge is 0.511 e. The molecule has 1 saturated heterocycles. The lowest BCUT2D eigenvalue weighted by Gasteiger charge is -2.32. The molecule has 5 N–H and O–H groups in total. The van der Waals surface area contributed by atoms with Gasteiger partial charge in [0, 0.05) is 11.3 Å². The van der Waals surface area contributed by atoms with Crippen LogP contribution in [0.3, 0.4) is 0 Å². The summed E-state index contributed by atoms with van der Waals surface area (Å²) in [6, 6.07) is 0. The van der Waals surface area contributed by atoms with Crippen LogP contribution in [0.15, 0.2) is 40.6 Å². The lowest BCUT2D eigenvalue weighted by atomic mass is 9.84. The molecule has 1 heterocycles. The molecule has 0 aliphatic carbocycles. The third kappa shape index (κ3) is 5.46. The van der Waals surface area contributed by atoms with E-state index in [-0.39, 0.29) is 5.84 Å². The van der Waals surface area contributed by atoms with Crippen molar-refractivity contribution in [1.82, 2.24) is 0 Å². The minimum Gasteiger partial charge on any atom is -0.405 e. The molecule has 0 atom stereocenters. The van der Waals surface area contributed by atoms with E-state index in [0.717, 1.165) is 0 Å². The van der Waals surface area contributed by atoms with Crippen molar-refractivity contribution in [3.63, 3.8) is 0 Å². The number of hydrogen-bond donors (Lipinski definition) is 3. The monoisotopic (exact) mass is 349 g/mol. The average Bonchev–Trinajstić information content (AvgIpc) is 2.65. The smallest absolute Gasteiger partial charge is 0.405 e. The number of rotatable bonds is 6. The number of hydrogen-bond acceptors (Lipinski definition) is 5. The van der Waals surface area contributed by atoms with E-state index in [1.807, 2.05) is 34.6 Å². The molecule has 7 heteroatoms. The summed E-state index contributed by atoms with van der Waals surface area (Å²) in [4.78, 5) is 4.35. The molecule has 1 aliphatic heterocycles. The number of aliphatic imine (C=N–C) groups is 1. The molecular formula is C18H32BN3O3. The third-order valence-electron chi connectivity index (χ3n) is 4.60. The maximum absolute atomic E-state index is 9.96. The molecule has 1 aliphatic rings. The molecule has 0 saturated carbocycles. The van der Waals surface area contributed by atoms with Crippen LogP contribution >= 0.6 is 0 Å². The maximum Gasteiger partial charge on any atom is 0.511 e. The molecule has 1 rings (SSSR count). The first kappa shape index (κ1) is 21.5. The summed E-state index contributed by atoms with van der Waals surface area (Å²) in [5.74, 6) is 0.240. The lowest BCUT2D eigenvalue weighted by molar-refractivity contribution is 0.00578. The fourth-order valence-electron chi connectivity index (χ4n) is 2.01. The Labute approximate surface area is 151 Å². The SMILES string of the molecule is C=C(/C=C(/CC)N=C(N)C=C(N)B1OC(C)(C)C(C)(C)O1)C(C)(C)O. The Morgan fingerprint density at radius 2 is 1.64 bits per heavy atom. The molecule has 0 aromatic rings. The van der Waals surface area contributed by atoms with Crippen LogP contribution in [0, 0.1) is 0 Å². The fraction of sp³-hybridized carbons (Fsp3) is 0.611. The quantitative estimate of drug-likeness (QED) is 0.296. The third-order valence-corrected chi connectivity index (χ3v) is 4.60. The van der Waals surface area contributed by atoms with E-state index in [4.69, 9.17) is 20.8 Å². The number of amidine groups is 1. The van der Waals surface area contributed by atoms with E-state index in [2.05, 4.69) is 11.6 Å². The van der Waals surface area contributed by atoms with E-state index in [9.17, 15) is 5.11 Å². The minimum atomic E-state index is -1.01. The first-order valence-electron chi connectivity index (χ1n) is 8.49. The molecule has 0 aromatic carbocycles. The number of nitrogens with two attached hydrogens (primary N) is 2. The number of allylic oxidation sites excluding steroid dienone is 1. The highest BCUT2D eigenvalue weighted by molar-refractivity contribution is 6.54. The molecule has 0 amide bonds. The Hall–Kier alpha value is -1.57. The second-order valence-electron chi connectivity index (χ2n) is 7.84. The van der Waals surface area contributed by atoms with Crippen molar-refractivity contribution >= 4 is 13.0 Å². The van der Waals surface area contributed by atoms with E-state index in [0.29, 0.717) is 23.3 Å². The second-order valence-corrected chi connectivity index (χ2v) is 7.84. The molecule has 140 valence electrons. The highest BCUT2D eigenvalue weighted by atomic mass is 16.7. The number of aliphatic hydroxyl groups is 1. The van der Waals surface area contributed by atoms with Crippen LogP contribution in [-0.2, 0) is 9.31 Å². The summed E-state index contributed by atoms with van der Waals surface area (Å²) in [5.41, 5.74) is 11.7. The van der Waals surface area contributed by atoms with Gasteiger partial charge in [0.05, 0.1) is 16.8 Å². The van der Waals surface area contributed by atoms with E-state index in [1.165, 1.54) is 0 Å². The van der Waals surface area contributed by atoms with Crippen LogP contribution in [0.1, 0.15) is 54.9 Å². The Morgan fingerprint density at radius 3 is 2.04 bits per heavy atom. The van der Waals surface area contributed by atoms with Gasteiger partial charge >= 0.3 is 7.12 Å². The van der Waals surface area contributed by atoms with Crippen molar-refractivity contribution in [2.45, 2.75) is 71.7 Å². The topological polar surface area (TPSA) is 103 Å². The maximum atomic E-state index is 9.96. The Bertz CT molecular complexity index is 598. The van der Waals surface area contributed by atoms with Crippen molar-refractivity contribution in [1.29, 1.82) is 0 Å². The van der Waals surface area contributed by atoms with Gasteiger partial charge in [-0.05, 0) is 65.7 Å². The zero-order chi connectivity index (χ0) is 19.6. The molecule has 25 heavy (non-hydrogen) atoms. The van der Waals surface area contributed by atoms with Crippen molar-refractivity contribution < 1.29 is 14.4 Å². The summed E-state index contributed by atoms with van der Waals surface area (Å²) in [5, 5.41) is 9.96. The molecule has 0 bridgehead atoms. The Balaban J connectivity index is 2.97. The zero-order valence-corrected chi connectivity index (χ0v) is 16.5. The summed E-state index contributed by atoms with van der Waals surface area (Å²) in [6.07, 6.45) is 3.91. The first-order chi connectivity index (χ1) is 11.2. The summed E-state index contributed by atoms with van der Waals surface area (Å²) >= 11 is 0. The van der Waals surface area contributed by atoms with Gasteiger partial charge in [0.25, 0.3) is 0 Å². The lowest BCUT2D eigenvalue weighted by Crippen LogP contribution is -2.41. The van der Waals surface area contributed by atoms with Crippen molar-refractivity contribution in [3.05, 3.63) is 35.6 Å². The molecule has 0 spiro atoms. The van der Waals surface area contributed by atoms with E-state index >= 15 is 0 Å². The van der Waals surface area contributed by atoms with Gasteiger partial charge in [-0.25, -0.2) is 4.99 Å². The van der Waals surface area contributed by atoms with Crippen LogP contribution < -0.4 is 11.5 Å². The van der Waals surface area contributed by atoms with Crippen LogP contribution in [0.5, 0.6) is 0 Å². The predicted octanol–water partition coefficient (Wildman–Crippen LogP) is 2.44. The van der Waals surface area contributed by atoms with Crippen molar-refractivity contribution in [2.75, 3.05) is 0 Å². The predicted molar refractivity (Wildman–Crippen MR) is 104 cm³/mol. The summed E-state index contributed by atoms with van der Waals surface area (Å²) in [7, 11) is -0.667. The van der Waals surface area contributed by atoms with Crippen LogP contribution in [0.4, 0.5) is 0 Å². The summed E-state index contributed by atoms with van der Waals surface area (Å²) < 4.78 is 11.8. The van der Waals surface area contributed by atoms with Gasteiger partial charge in [-0.3, -0.25) is 0 Å². The van der Waals surface area contributed by atoms with Crippen LogP contribution in [0.2, 0.25) is 0 Å². The van der Waals surface area contributed by atoms with Crippen molar-refractivity contribution in [2.24, 2.45) is 16.5 Å². The van der Waals surface area contributed by atoms with E-state index < -0.39 is 23.9 Å². The van der Waals surface area contributed by atoms with Gasteiger partial charge < -0.3 is 25.9 Å². The fourth-order valence-corrected chi connectivity index (χ4v) is 2.01. The van der Waals surface area contributed by atoms with Gasteiger partial charge in [0.15, 0.2) is 0 Å². The highest BCUT2D eigenvalue weighted by Crippen LogP contribution is 2.37. The zero-order valence-electron chi connectivity index (χ0n) is 16.5. The molecule has 0 radical (unpaired) electrons. The van der Waals surface area contributed by atoms with Crippen LogP contribution in [-0.4, -0.2) is 34.9 Å². The standard InChI is InChI=1S/C18H32BN3O3/c1-9-13(10-12(2)16(3,4)23)22-15(21)11-14(20)19-24-17(5,6)18(7,8)25-19/h10-11,23H,2,9,20H2,1,3-8H3,(H2,21,22)/b13-10-,14-11?. The number of nitrogens with zero attached hydrogens (tertiary/aromatic N) is 1. The van der Waals surface area contributed by atoms with Crippen molar-refractivity contribution in [3.8, 4) is 0 Å².